The van der Waals surface area contributed by atoms with Crippen molar-refractivity contribution < 1.29 is 0 Å². The van der Waals surface area contributed by atoms with Crippen LogP contribution in [0.1, 0.15) is 17.4 Å². The molecule has 1 unspecified atom stereocenters. The molecular formula is C11H14ClN5. The molecule has 90 valence electrons. The Labute approximate surface area is 105 Å². The van der Waals surface area contributed by atoms with E-state index in [0.29, 0.717) is 12.2 Å². The SMILES string of the molecule is CNC(Cc1nnn(C)n1)c1cccc(Cl)c1. The number of likely N-dealkylation sites (N-methyl/N-ethyl adjacent to an activating group) is 1. The summed E-state index contributed by atoms with van der Waals surface area (Å²) in [6.45, 7) is 0. The fourth-order valence-electron chi connectivity index (χ4n) is 1.70. The molecule has 0 spiro atoms. The predicted molar refractivity (Wildman–Crippen MR) is 65.8 cm³/mol. The maximum Gasteiger partial charge on any atom is 0.176 e. The van der Waals surface area contributed by atoms with Crippen molar-refractivity contribution in [3.8, 4) is 0 Å². The number of aromatic nitrogens is 4. The van der Waals surface area contributed by atoms with Crippen LogP contribution in [-0.2, 0) is 13.5 Å². The van der Waals surface area contributed by atoms with Gasteiger partial charge in [-0.05, 0) is 30.0 Å². The summed E-state index contributed by atoms with van der Waals surface area (Å²) in [5.74, 6) is 0.715. The van der Waals surface area contributed by atoms with Crippen molar-refractivity contribution in [2.75, 3.05) is 7.05 Å². The summed E-state index contributed by atoms with van der Waals surface area (Å²) < 4.78 is 0. The van der Waals surface area contributed by atoms with Crippen molar-refractivity contribution in [2.45, 2.75) is 12.5 Å². The van der Waals surface area contributed by atoms with E-state index in [-0.39, 0.29) is 6.04 Å². The number of benzene rings is 1. The van der Waals surface area contributed by atoms with Crippen LogP contribution in [0.25, 0.3) is 0 Å². The molecule has 0 saturated heterocycles. The van der Waals surface area contributed by atoms with Crippen molar-refractivity contribution in [3.05, 3.63) is 40.7 Å². The van der Waals surface area contributed by atoms with E-state index < -0.39 is 0 Å². The minimum Gasteiger partial charge on any atom is -0.313 e. The van der Waals surface area contributed by atoms with Gasteiger partial charge in [-0.15, -0.1) is 10.2 Å². The minimum absolute atomic E-state index is 0.137. The maximum absolute atomic E-state index is 5.98. The molecular weight excluding hydrogens is 238 g/mol. The van der Waals surface area contributed by atoms with Crippen LogP contribution in [0.5, 0.6) is 0 Å². The molecule has 1 heterocycles. The molecule has 0 amide bonds. The van der Waals surface area contributed by atoms with Gasteiger partial charge in [-0.2, -0.15) is 4.80 Å². The second-order valence-corrected chi connectivity index (χ2v) is 4.23. The first kappa shape index (κ1) is 12.0. The molecule has 1 atom stereocenters. The first-order chi connectivity index (χ1) is 8.19. The number of hydrogen-bond acceptors (Lipinski definition) is 4. The van der Waals surface area contributed by atoms with E-state index in [1.807, 2.05) is 31.3 Å². The van der Waals surface area contributed by atoms with Crippen LogP contribution >= 0.6 is 11.6 Å². The number of aryl methyl sites for hydroxylation is 1. The monoisotopic (exact) mass is 251 g/mol. The molecule has 1 aromatic heterocycles. The van der Waals surface area contributed by atoms with Gasteiger partial charge >= 0.3 is 0 Å². The Kier molecular flexibility index (Phi) is 3.71. The first-order valence-corrected chi connectivity index (χ1v) is 5.72. The Morgan fingerprint density at radius 2 is 2.29 bits per heavy atom. The molecule has 0 aliphatic heterocycles. The lowest BCUT2D eigenvalue weighted by atomic mass is 10.0. The molecule has 2 rings (SSSR count). The van der Waals surface area contributed by atoms with Gasteiger partial charge in [-0.3, -0.25) is 0 Å². The van der Waals surface area contributed by atoms with Crippen LogP contribution in [0.2, 0.25) is 5.02 Å². The highest BCUT2D eigenvalue weighted by Gasteiger charge is 2.13. The Hall–Kier alpha value is -1.46. The van der Waals surface area contributed by atoms with Crippen molar-refractivity contribution in [3.63, 3.8) is 0 Å². The standard InChI is InChI=1S/C11H14ClN5/c1-13-10(7-11-14-16-17(2)15-11)8-4-3-5-9(12)6-8/h3-6,10,13H,7H2,1-2H3. The van der Waals surface area contributed by atoms with Gasteiger partial charge in [-0.1, -0.05) is 23.7 Å². The molecule has 0 aliphatic carbocycles. The normalized spacial score (nSPS) is 12.6. The van der Waals surface area contributed by atoms with E-state index in [4.69, 9.17) is 11.6 Å². The minimum atomic E-state index is 0.137. The van der Waals surface area contributed by atoms with Crippen molar-refractivity contribution >= 4 is 11.6 Å². The highest BCUT2D eigenvalue weighted by molar-refractivity contribution is 6.30. The van der Waals surface area contributed by atoms with Gasteiger partial charge < -0.3 is 5.32 Å². The van der Waals surface area contributed by atoms with Crippen molar-refractivity contribution in [1.29, 1.82) is 0 Å². The van der Waals surface area contributed by atoms with Gasteiger partial charge in [-0.25, -0.2) is 0 Å². The highest BCUT2D eigenvalue weighted by Crippen LogP contribution is 2.19. The van der Waals surface area contributed by atoms with E-state index in [0.717, 1.165) is 10.6 Å². The quantitative estimate of drug-likeness (QED) is 0.892. The van der Waals surface area contributed by atoms with Crippen LogP contribution in [0.15, 0.2) is 24.3 Å². The maximum atomic E-state index is 5.98. The van der Waals surface area contributed by atoms with E-state index in [2.05, 4.69) is 20.7 Å². The Balaban J connectivity index is 2.16. The molecule has 2 aromatic rings. The molecule has 1 aromatic carbocycles. The summed E-state index contributed by atoms with van der Waals surface area (Å²) in [5.41, 5.74) is 1.12. The van der Waals surface area contributed by atoms with E-state index in [1.165, 1.54) is 4.80 Å². The van der Waals surface area contributed by atoms with Crippen LogP contribution < -0.4 is 5.32 Å². The van der Waals surface area contributed by atoms with Crippen molar-refractivity contribution in [1.82, 2.24) is 25.5 Å². The lowest BCUT2D eigenvalue weighted by Crippen LogP contribution is -2.19. The van der Waals surface area contributed by atoms with Gasteiger partial charge in [0, 0.05) is 17.5 Å². The van der Waals surface area contributed by atoms with Crippen LogP contribution in [0.3, 0.4) is 0 Å². The molecule has 1 N–H and O–H groups in total. The molecule has 0 radical (unpaired) electrons. The van der Waals surface area contributed by atoms with Gasteiger partial charge in [0.2, 0.25) is 0 Å². The summed E-state index contributed by atoms with van der Waals surface area (Å²) in [7, 11) is 3.66. The molecule has 17 heavy (non-hydrogen) atoms. The van der Waals surface area contributed by atoms with Gasteiger partial charge in [0.25, 0.3) is 0 Å². The van der Waals surface area contributed by atoms with Crippen molar-refractivity contribution in [2.24, 2.45) is 7.05 Å². The summed E-state index contributed by atoms with van der Waals surface area (Å²) in [4.78, 5) is 1.46. The molecule has 5 nitrogen and oxygen atoms in total. The van der Waals surface area contributed by atoms with Gasteiger partial charge in [0.1, 0.15) is 0 Å². The zero-order chi connectivity index (χ0) is 12.3. The summed E-state index contributed by atoms with van der Waals surface area (Å²) in [5, 5.41) is 15.9. The zero-order valence-electron chi connectivity index (χ0n) is 9.76. The van der Waals surface area contributed by atoms with E-state index in [1.54, 1.807) is 7.05 Å². The molecule has 6 heteroatoms. The average molecular weight is 252 g/mol. The third-order valence-corrected chi connectivity index (χ3v) is 2.77. The number of nitrogens with zero attached hydrogens (tertiary/aromatic N) is 4. The number of halogens is 1. The third-order valence-electron chi connectivity index (χ3n) is 2.54. The fraction of sp³-hybridized carbons (Fsp3) is 0.364. The molecule has 0 aliphatic rings. The number of rotatable bonds is 4. The van der Waals surface area contributed by atoms with E-state index in [9.17, 15) is 0 Å². The highest BCUT2D eigenvalue weighted by atomic mass is 35.5. The van der Waals surface area contributed by atoms with Gasteiger partial charge in [0.05, 0.1) is 7.05 Å². The lowest BCUT2D eigenvalue weighted by molar-refractivity contribution is 0.570. The molecule has 0 bridgehead atoms. The number of hydrogen-bond donors (Lipinski definition) is 1. The summed E-state index contributed by atoms with van der Waals surface area (Å²) in [6.07, 6.45) is 0.685. The fourth-order valence-corrected chi connectivity index (χ4v) is 1.90. The van der Waals surface area contributed by atoms with Gasteiger partial charge in [0.15, 0.2) is 5.82 Å². The summed E-state index contributed by atoms with van der Waals surface area (Å²) in [6, 6.07) is 7.91. The topological polar surface area (TPSA) is 55.6 Å². The Morgan fingerprint density at radius 3 is 2.88 bits per heavy atom. The van der Waals surface area contributed by atoms with Crippen LogP contribution in [0.4, 0.5) is 0 Å². The first-order valence-electron chi connectivity index (χ1n) is 5.34. The van der Waals surface area contributed by atoms with Crippen LogP contribution in [0, 0.1) is 0 Å². The molecule has 0 fully saturated rings. The average Bonchev–Trinajstić information content (AvgIpc) is 2.72. The third kappa shape index (κ3) is 3.01. The number of nitrogens with one attached hydrogen (secondary N) is 1. The Bertz CT molecular complexity index is 496. The van der Waals surface area contributed by atoms with E-state index >= 15 is 0 Å². The zero-order valence-corrected chi connectivity index (χ0v) is 10.5. The second kappa shape index (κ2) is 5.25. The smallest absolute Gasteiger partial charge is 0.176 e. The largest absolute Gasteiger partial charge is 0.313 e. The molecule has 0 saturated carbocycles. The predicted octanol–water partition coefficient (Wildman–Crippen LogP) is 1.37. The van der Waals surface area contributed by atoms with Crippen LogP contribution in [-0.4, -0.2) is 27.3 Å². The second-order valence-electron chi connectivity index (χ2n) is 3.80. The number of tetrazole rings is 1. The Morgan fingerprint density at radius 1 is 1.47 bits per heavy atom. The lowest BCUT2D eigenvalue weighted by Gasteiger charge is -2.14. The summed E-state index contributed by atoms with van der Waals surface area (Å²) >= 11 is 5.98.